The Labute approximate surface area is 355 Å². The van der Waals surface area contributed by atoms with E-state index in [-0.39, 0.29) is 11.9 Å². The maximum absolute atomic E-state index is 12.5. The van der Waals surface area contributed by atoms with E-state index in [1.807, 2.05) is 0 Å². The van der Waals surface area contributed by atoms with E-state index in [1.54, 1.807) is 0 Å². The van der Waals surface area contributed by atoms with E-state index >= 15 is 0 Å². The maximum Gasteiger partial charge on any atom is 0.306 e. The third-order valence-electron chi connectivity index (χ3n) is 12.9. The lowest BCUT2D eigenvalue weighted by molar-refractivity contribution is -0.146. The summed E-state index contributed by atoms with van der Waals surface area (Å²) in [5.41, 5.74) is 0.390. The lowest BCUT2D eigenvalue weighted by Crippen LogP contribution is -2.43. The summed E-state index contributed by atoms with van der Waals surface area (Å²) in [6.45, 7) is 17.9. The molecule has 0 unspecified atom stereocenters. The fourth-order valence-corrected chi connectivity index (χ4v) is 9.05. The first kappa shape index (κ1) is 53.9. The smallest absolute Gasteiger partial charge is 0.306 e. The molecule has 6 heteroatoms. The van der Waals surface area contributed by atoms with Crippen LogP contribution in [0.4, 0.5) is 0 Å². The van der Waals surface area contributed by atoms with Crippen molar-refractivity contribution in [3.05, 3.63) is 0 Å². The summed E-state index contributed by atoms with van der Waals surface area (Å²) in [4.78, 5) is 27.7. The van der Waals surface area contributed by atoms with Crippen LogP contribution in [0.25, 0.3) is 0 Å². The Bertz CT molecular complexity index is 811. The van der Waals surface area contributed by atoms with Gasteiger partial charge in [0.1, 0.15) is 0 Å². The van der Waals surface area contributed by atoms with E-state index in [9.17, 15) is 9.59 Å². The van der Waals surface area contributed by atoms with Gasteiger partial charge >= 0.3 is 11.9 Å². The molecule has 0 atom stereocenters. The van der Waals surface area contributed by atoms with Gasteiger partial charge in [0.25, 0.3) is 0 Å². The fourth-order valence-electron chi connectivity index (χ4n) is 9.05. The van der Waals surface area contributed by atoms with Gasteiger partial charge < -0.3 is 14.2 Å². The number of hydrogen-bond acceptors (Lipinski definition) is 6. The summed E-state index contributed by atoms with van der Waals surface area (Å²) in [5, 5.41) is 0. The summed E-state index contributed by atoms with van der Waals surface area (Å²) >= 11 is 0. The Morgan fingerprint density at radius 3 is 1.18 bits per heavy atom. The summed E-state index contributed by atoms with van der Waals surface area (Å²) in [7, 11) is 0. The topological polar surface area (TPSA) is 65.1 Å². The first-order valence-corrected chi connectivity index (χ1v) is 25.5. The molecule has 1 rings (SSSR count). The fraction of sp³-hybridized carbons (Fsp3) is 0.961. The van der Waals surface area contributed by atoms with Crippen molar-refractivity contribution < 1.29 is 23.8 Å². The zero-order chi connectivity index (χ0) is 41.5. The highest BCUT2D eigenvalue weighted by Crippen LogP contribution is 2.33. The van der Waals surface area contributed by atoms with E-state index in [0.717, 1.165) is 39.1 Å². The van der Waals surface area contributed by atoms with Gasteiger partial charge in [-0.3, -0.25) is 14.5 Å². The Balaban J connectivity index is 2.21. The van der Waals surface area contributed by atoms with Crippen LogP contribution in [0.3, 0.4) is 0 Å². The zero-order valence-corrected chi connectivity index (χ0v) is 39.1. The van der Waals surface area contributed by atoms with Gasteiger partial charge in [-0.25, -0.2) is 0 Å². The Morgan fingerprint density at radius 1 is 0.491 bits per heavy atom. The normalized spacial score (nSPS) is 13.9. The molecule has 1 aliphatic heterocycles. The number of nitrogens with zero attached hydrogens (tertiary/aromatic N) is 1. The molecule has 0 aromatic rings. The number of carbonyl (C=O) groups excluding carboxylic acids is 2. The van der Waals surface area contributed by atoms with Crippen LogP contribution in [0.15, 0.2) is 0 Å². The molecule has 0 saturated carbocycles. The minimum atomic E-state index is 0.0359. The quantitative estimate of drug-likeness (QED) is 0.0452. The van der Waals surface area contributed by atoms with Crippen molar-refractivity contribution in [1.82, 2.24) is 4.90 Å². The van der Waals surface area contributed by atoms with Crippen LogP contribution in [-0.4, -0.2) is 62.9 Å². The third kappa shape index (κ3) is 33.3. The average molecular weight is 806 g/mol. The highest BCUT2D eigenvalue weighted by atomic mass is 16.5. The van der Waals surface area contributed by atoms with Gasteiger partial charge in [0.2, 0.25) is 0 Å². The molecule has 1 aliphatic rings. The lowest BCUT2D eigenvalue weighted by atomic mass is 9.79. The first-order chi connectivity index (χ1) is 27.9. The van der Waals surface area contributed by atoms with E-state index in [1.165, 1.54) is 199 Å². The monoisotopic (exact) mass is 806 g/mol. The number of carbonyl (C=O) groups is 2. The molecular formula is C51H99NO5. The molecule has 0 radical (unpaired) electrons. The van der Waals surface area contributed by atoms with Gasteiger partial charge in [-0.1, -0.05) is 189 Å². The largest absolute Gasteiger partial charge is 0.466 e. The molecule has 0 bridgehead atoms. The van der Waals surface area contributed by atoms with Crippen LogP contribution in [-0.2, 0) is 23.8 Å². The molecule has 0 spiro atoms. The summed E-state index contributed by atoms with van der Waals surface area (Å²) in [6, 6.07) is 0. The van der Waals surface area contributed by atoms with Gasteiger partial charge in [0.05, 0.1) is 26.4 Å². The summed E-state index contributed by atoms with van der Waals surface area (Å²) in [5.74, 6) is 1.10. The maximum atomic E-state index is 12.5. The molecule has 0 aliphatic carbocycles. The molecule has 0 N–H and O–H groups in total. The van der Waals surface area contributed by atoms with Gasteiger partial charge in [-0.05, 0) is 68.6 Å². The van der Waals surface area contributed by atoms with E-state index in [4.69, 9.17) is 14.2 Å². The van der Waals surface area contributed by atoms with Gasteiger partial charge in [0, 0.05) is 32.5 Å². The SMILES string of the molecule is CCCCCC(CCCCC)CC(=O)OCCCCCCCCCC(C)(CCCCCCCCCOC(=O)CC(CCCCC)CCCCC)CN1CCOCC1. The van der Waals surface area contributed by atoms with Gasteiger partial charge in [0.15, 0.2) is 0 Å². The summed E-state index contributed by atoms with van der Waals surface area (Å²) in [6.07, 6.45) is 41.1. The minimum absolute atomic E-state index is 0.0359. The van der Waals surface area contributed by atoms with E-state index < -0.39 is 0 Å². The van der Waals surface area contributed by atoms with Crippen molar-refractivity contribution in [2.45, 2.75) is 253 Å². The van der Waals surface area contributed by atoms with Crippen LogP contribution in [0, 0.1) is 17.3 Å². The molecular weight excluding hydrogens is 707 g/mol. The first-order valence-electron chi connectivity index (χ1n) is 25.5. The molecule has 0 aromatic heterocycles. The Morgan fingerprint density at radius 2 is 0.825 bits per heavy atom. The number of unbranched alkanes of at least 4 members (excludes halogenated alkanes) is 20. The van der Waals surface area contributed by atoms with Crippen LogP contribution >= 0.6 is 0 Å². The highest BCUT2D eigenvalue weighted by molar-refractivity contribution is 5.70. The van der Waals surface area contributed by atoms with Crippen molar-refractivity contribution in [3.8, 4) is 0 Å². The molecule has 0 amide bonds. The lowest BCUT2D eigenvalue weighted by Gasteiger charge is -2.37. The summed E-state index contributed by atoms with van der Waals surface area (Å²) < 4.78 is 17.0. The standard InChI is InChI=1S/C51H99NO5/c1-6-10-24-32-47(33-25-11-7-2)44-49(53)56-40-30-22-18-14-16-20-28-36-51(5,46-52-38-42-55-43-39-52)37-29-21-17-15-19-23-31-41-57-50(54)45-48(34-26-12-8-3)35-27-13-9-4/h47-48H,6-46H2,1-5H3. The molecule has 0 aromatic carbocycles. The number of esters is 2. The van der Waals surface area contributed by atoms with Gasteiger partial charge in [-0.2, -0.15) is 0 Å². The molecule has 338 valence electrons. The van der Waals surface area contributed by atoms with E-state index in [2.05, 4.69) is 39.5 Å². The Hall–Kier alpha value is -1.14. The van der Waals surface area contributed by atoms with Crippen molar-refractivity contribution in [2.24, 2.45) is 17.3 Å². The minimum Gasteiger partial charge on any atom is -0.466 e. The molecule has 1 fully saturated rings. The number of rotatable bonds is 42. The number of hydrogen-bond donors (Lipinski definition) is 0. The number of ether oxygens (including phenoxy) is 3. The van der Waals surface area contributed by atoms with Crippen molar-refractivity contribution >= 4 is 11.9 Å². The van der Waals surface area contributed by atoms with Crippen LogP contribution in [0.1, 0.15) is 253 Å². The zero-order valence-electron chi connectivity index (χ0n) is 39.1. The molecule has 1 saturated heterocycles. The average Bonchev–Trinajstić information content (AvgIpc) is 3.20. The third-order valence-corrected chi connectivity index (χ3v) is 12.9. The molecule has 6 nitrogen and oxygen atoms in total. The van der Waals surface area contributed by atoms with Crippen molar-refractivity contribution in [1.29, 1.82) is 0 Å². The van der Waals surface area contributed by atoms with Crippen LogP contribution < -0.4 is 0 Å². The van der Waals surface area contributed by atoms with E-state index in [0.29, 0.717) is 43.3 Å². The van der Waals surface area contributed by atoms with Crippen LogP contribution in [0.5, 0.6) is 0 Å². The molecule has 57 heavy (non-hydrogen) atoms. The predicted molar refractivity (Wildman–Crippen MR) is 244 cm³/mol. The van der Waals surface area contributed by atoms with Crippen LogP contribution in [0.2, 0.25) is 0 Å². The molecule has 1 heterocycles. The predicted octanol–water partition coefficient (Wildman–Crippen LogP) is 15.0. The van der Waals surface area contributed by atoms with Crippen molar-refractivity contribution in [2.75, 3.05) is 46.1 Å². The second-order valence-corrected chi connectivity index (χ2v) is 18.7. The van der Waals surface area contributed by atoms with Crippen molar-refractivity contribution in [3.63, 3.8) is 0 Å². The Kier molecular flexibility index (Phi) is 36.9. The second kappa shape index (κ2) is 39.0. The number of morpholine rings is 1. The highest BCUT2D eigenvalue weighted by Gasteiger charge is 2.27. The second-order valence-electron chi connectivity index (χ2n) is 18.7. The van der Waals surface area contributed by atoms with Gasteiger partial charge in [-0.15, -0.1) is 0 Å².